The molecule has 4 rings (SSSR count). The van der Waals surface area contributed by atoms with Gasteiger partial charge in [-0.05, 0) is 39.9 Å². The van der Waals surface area contributed by atoms with Crippen molar-refractivity contribution in [1.29, 1.82) is 0 Å². The number of benzene rings is 2. The predicted octanol–water partition coefficient (Wildman–Crippen LogP) is 5.65. The molecule has 4 aromatic rings. The number of aromatic nitrogens is 1. The van der Waals surface area contributed by atoms with Gasteiger partial charge in [0.15, 0.2) is 11.5 Å². The number of hydrogen-bond donors (Lipinski definition) is 0. The highest BCUT2D eigenvalue weighted by Crippen LogP contribution is 2.41. The van der Waals surface area contributed by atoms with Crippen molar-refractivity contribution >= 4 is 22.1 Å². The molecule has 25 heavy (non-hydrogen) atoms. The summed E-state index contributed by atoms with van der Waals surface area (Å²) in [6.45, 7) is 0. The lowest BCUT2D eigenvalue weighted by Crippen LogP contribution is -1.94. The molecule has 0 N–H and O–H groups in total. The van der Waals surface area contributed by atoms with Crippen LogP contribution in [0.15, 0.2) is 65.5 Å². The highest BCUT2D eigenvalue weighted by atomic mass is 32.1. The standard InChI is InChI=1S/C21H17NO2S/c1-23-18-10-16-12-22-21(14-6-4-3-5-7-14)20(15-8-9-25-13-15)17(16)11-19(18)24-2/h3-13H,1-2H3. The molecule has 4 heteroatoms. The molecule has 2 heterocycles. The van der Waals surface area contributed by atoms with Crippen molar-refractivity contribution in [1.82, 2.24) is 4.98 Å². The number of pyridine rings is 1. The van der Waals surface area contributed by atoms with Crippen LogP contribution in [0.25, 0.3) is 33.2 Å². The maximum atomic E-state index is 5.52. The zero-order chi connectivity index (χ0) is 17.2. The molecular formula is C21H17NO2S. The normalized spacial score (nSPS) is 10.8. The number of thiophene rings is 1. The summed E-state index contributed by atoms with van der Waals surface area (Å²) in [5, 5.41) is 6.37. The lowest BCUT2D eigenvalue weighted by Gasteiger charge is -2.14. The molecule has 0 amide bonds. The summed E-state index contributed by atoms with van der Waals surface area (Å²) in [5.74, 6) is 1.43. The summed E-state index contributed by atoms with van der Waals surface area (Å²) >= 11 is 1.68. The van der Waals surface area contributed by atoms with E-state index in [0.29, 0.717) is 5.75 Å². The van der Waals surface area contributed by atoms with Crippen LogP contribution in [-0.2, 0) is 0 Å². The van der Waals surface area contributed by atoms with E-state index in [4.69, 9.17) is 14.5 Å². The molecule has 0 bridgehead atoms. The quantitative estimate of drug-likeness (QED) is 0.478. The molecule has 2 aromatic heterocycles. The second-order valence-electron chi connectivity index (χ2n) is 5.65. The van der Waals surface area contributed by atoms with Crippen molar-refractivity contribution in [2.45, 2.75) is 0 Å². The van der Waals surface area contributed by atoms with Gasteiger partial charge in [-0.15, -0.1) is 0 Å². The molecule has 0 aliphatic carbocycles. The SMILES string of the molecule is COc1cc2cnc(-c3ccccc3)c(-c3ccsc3)c2cc1OC. The Morgan fingerprint density at radius 3 is 2.32 bits per heavy atom. The van der Waals surface area contributed by atoms with E-state index in [0.717, 1.165) is 38.9 Å². The van der Waals surface area contributed by atoms with Crippen molar-refractivity contribution in [3.8, 4) is 33.9 Å². The van der Waals surface area contributed by atoms with Crippen LogP contribution in [-0.4, -0.2) is 19.2 Å². The minimum absolute atomic E-state index is 0.709. The van der Waals surface area contributed by atoms with Gasteiger partial charge in [0.2, 0.25) is 0 Å². The number of hydrogen-bond acceptors (Lipinski definition) is 4. The minimum atomic E-state index is 0.709. The fourth-order valence-electron chi connectivity index (χ4n) is 3.06. The van der Waals surface area contributed by atoms with Crippen LogP contribution < -0.4 is 9.47 Å². The van der Waals surface area contributed by atoms with Crippen molar-refractivity contribution in [2.75, 3.05) is 14.2 Å². The minimum Gasteiger partial charge on any atom is -0.493 e. The number of fused-ring (bicyclic) bond motifs is 1. The molecule has 3 nitrogen and oxygen atoms in total. The first-order valence-electron chi connectivity index (χ1n) is 7.94. The Balaban J connectivity index is 2.08. The molecule has 2 aromatic carbocycles. The van der Waals surface area contributed by atoms with Gasteiger partial charge in [-0.3, -0.25) is 4.98 Å². The number of ether oxygens (including phenoxy) is 2. The second kappa shape index (κ2) is 6.57. The van der Waals surface area contributed by atoms with E-state index >= 15 is 0 Å². The van der Waals surface area contributed by atoms with E-state index in [2.05, 4.69) is 29.0 Å². The average molecular weight is 347 g/mol. The van der Waals surface area contributed by atoms with Gasteiger partial charge in [-0.25, -0.2) is 0 Å². The Labute approximate surface area is 150 Å². The van der Waals surface area contributed by atoms with Gasteiger partial charge in [0, 0.05) is 22.7 Å². The third-order valence-electron chi connectivity index (χ3n) is 4.25. The average Bonchev–Trinajstić information content (AvgIpc) is 3.20. The van der Waals surface area contributed by atoms with Crippen molar-refractivity contribution in [2.24, 2.45) is 0 Å². The van der Waals surface area contributed by atoms with Crippen molar-refractivity contribution < 1.29 is 9.47 Å². The highest BCUT2D eigenvalue weighted by molar-refractivity contribution is 7.08. The molecule has 0 saturated carbocycles. The molecule has 124 valence electrons. The van der Waals surface area contributed by atoms with Crippen LogP contribution in [0.1, 0.15) is 0 Å². The maximum Gasteiger partial charge on any atom is 0.161 e. The van der Waals surface area contributed by atoms with Gasteiger partial charge in [0.25, 0.3) is 0 Å². The molecule has 0 spiro atoms. The first-order chi connectivity index (χ1) is 12.3. The Kier molecular flexibility index (Phi) is 4.12. The van der Waals surface area contributed by atoms with Crippen LogP contribution in [0.5, 0.6) is 11.5 Å². The largest absolute Gasteiger partial charge is 0.493 e. The molecule has 0 saturated heterocycles. The van der Waals surface area contributed by atoms with Gasteiger partial charge in [-0.2, -0.15) is 11.3 Å². The summed E-state index contributed by atoms with van der Waals surface area (Å²) in [4.78, 5) is 4.77. The summed E-state index contributed by atoms with van der Waals surface area (Å²) in [5.41, 5.74) is 4.35. The first kappa shape index (κ1) is 15.7. The highest BCUT2D eigenvalue weighted by Gasteiger charge is 2.16. The van der Waals surface area contributed by atoms with Crippen molar-refractivity contribution in [3.05, 3.63) is 65.5 Å². The van der Waals surface area contributed by atoms with Crippen LogP contribution in [0.3, 0.4) is 0 Å². The van der Waals surface area contributed by atoms with E-state index < -0.39 is 0 Å². The lowest BCUT2D eigenvalue weighted by molar-refractivity contribution is 0.356. The predicted molar refractivity (Wildman–Crippen MR) is 104 cm³/mol. The number of rotatable bonds is 4. The van der Waals surface area contributed by atoms with Gasteiger partial charge in [0.05, 0.1) is 19.9 Å². The van der Waals surface area contributed by atoms with Crippen LogP contribution in [0.2, 0.25) is 0 Å². The van der Waals surface area contributed by atoms with E-state index in [1.54, 1.807) is 25.6 Å². The summed E-state index contributed by atoms with van der Waals surface area (Å²) in [6.07, 6.45) is 1.90. The molecule has 0 fully saturated rings. The Hall–Kier alpha value is -2.85. The van der Waals surface area contributed by atoms with Gasteiger partial charge >= 0.3 is 0 Å². The third kappa shape index (κ3) is 2.75. The smallest absolute Gasteiger partial charge is 0.161 e. The first-order valence-corrected chi connectivity index (χ1v) is 8.89. The van der Waals surface area contributed by atoms with E-state index in [-0.39, 0.29) is 0 Å². The van der Waals surface area contributed by atoms with Crippen LogP contribution in [0, 0.1) is 0 Å². The number of nitrogens with zero attached hydrogens (tertiary/aromatic N) is 1. The van der Waals surface area contributed by atoms with E-state index in [1.807, 2.05) is 36.5 Å². The number of methoxy groups -OCH3 is 2. The second-order valence-corrected chi connectivity index (χ2v) is 6.43. The van der Waals surface area contributed by atoms with Crippen molar-refractivity contribution in [3.63, 3.8) is 0 Å². The molecular weight excluding hydrogens is 330 g/mol. The topological polar surface area (TPSA) is 31.4 Å². The van der Waals surface area contributed by atoms with Gasteiger partial charge in [0.1, 0.15) is 0 Å². The van der Waals surface area contributed by atoms with E-state index in [9.17, 15) is 0 Å². The zero-order valence-electron chi connectivity index (χ0n) is 14.0. The summed E-state index contributed by atoms with van der Waals surface area (Å²) < 4.78 is 11.0. The maximum absolute atomic E-state index is 5.52. The molecule has 0 atom stereocenters. The fraction of sp³-hybridized carbons (Fsp3) is 0.0952. The third-order valence-corrected chi connectivity index (χ3v) is 4.93. The van der Waals surface area contributed by atoms with E-state index in [1.165, 1.54) is 0 Å². The summed E-state index contributed by atoms with van der Waals surface area (Å²) in [6, 6.07) is 16.4. The Morgan fingerprint density at radius 2 is 1.64 bits per heavy atom. The Bertz CT molecular complexity index is 1010. The van der Waals surface area contributed by atoms with Gasteiger partial charge < -0.3 is 9.47 Å². The van der Waals surface area contributed by atoms with Crippen LogP contribution in [0.4, 0.5) is 0 Å². The monoisotopic (exact) mass is 347 g/mol. The molecule has 0 radical (unpaired) electrons. The molecule has 0 aliphatic rings. The zero-order valence-corrected chi connectivity index (χ0v) is 14.8. The fourth-order valence-corrected chi connectivity index (χ4v) is 3.70. The lowest BCUT2D eigenvalue weighted by atomic mass is 9.95. The van der Waals surface area contributed by atoms with Gasteiger partial charge in [-0.1, -0.05) is 30.3 Å². The molecule has 0 aliphatic heterocycles. The van der Waals surface area contributed by atoms with Crippen LogP contribution >= 0.6 is 11.3 Å². The Morgan fingerprint density at radius 1 is 0.880 bits per heavy atom. The molecule has 0 unspecified atom stereocenters. The summed E-state index contributed by atoms with van der Waals surface area (Å²) in [7, 11) is 3.31.